The van der Waals surface area contributed by atoms with Crippen LogP contribution in [0, 0.1) is 11.2 Å². The van der Waals surface area contributed by atoms with E-state index in [0.717, 1.165) is 31.2 Å². The molecule has 0 amide bonds. The van der Waals surface area contributed by atoms with E-state index in [1.807, 2.05) is 0 Å². The van der Waals surface area contributed by atoms with Gasteiger partial charge in [0.05, 0.1) is 16.5 Å². The molecule has 2 aliphatic rings. The van der Waals surface area contributed by atoms with Crippen LogP contribution >= 0.6 is 15.9 Å². The summed E-state index contributed by atoms with van der Waals surface area (Å²) in [5.74, 6) is -0.701. The molecule has 1 heterocycles. The van der Waals surface area contributed by atoms with Gasteiger partial charge in [0.15, 0.2) is 12.0 Å². The second-order valence-electron chi connectivity index (χ2n) is 7.04. The maximum Gasteiger partial charge on any atom is 0.365 e. The monoisotopic (exact) mass is 427 g/mol. The van der Waals surface area contributed by atoms with Crippen LogP contribution in [0.3, 0.4) is 0 Å². The number of halogens is 2. The second kappa shape index (κ2) is 7.27. The van der Waals surface area contributed by atoms with Crippen LogP contribution in [0.1, 0.15) is 45.1 Å². The largest absolute Gasteiger partial charge is 0.472 e. The third kappa shape index (κ3) is 3.39. The summed E-state index contributed by atoms with van der Waals surface area (Å²) < 4.78 is 24.8. The normalized spacial score (nSPS) is 27.1. The second-order valence-corrected chi connectivity index (χ2v) is 7.89. The molecule has 0 saturated heterocycles. The first kappa shape index (κ1) is 19.3. The van der Waals surface area contributed by atoms with Crippen LogP contribution in [0.4, 0.5) is 4.39 Å². The molecule has 142 valence electrons. The number of carbonyl (C=O) groups is 1. The topological polar surface area (TPSA) is 68.1 Å². The van der Waals surface area contributed by atoms with E-state index in [1.54, 1.807) is 26.0 Å². The molecular weight excluding hydrogens is 405 g/mol. The van der Waals surface area contributed by atoms with E-state index >= 15 is 0 Å². The zero-order valence-corrected chi connectivity index (χ0v) is 16.5. The molecule has 2 atom stereocenters. The van der Waals surface area contributed by atoms with Crippen molar-refractivity contribution in [3.63, 3.8) is 0 Å². The predicted octanol–water partition coefficient (Wildman–Crippen LogP) is 3.76. The predicted molar refractivity (Wildman–Crippen MR) is 98.3 cm³/mol. The van der Waals surface area contributed by atoms with Crippen LogP contribution in [0.2, 0.25) is 0 Å². The van der Waals surface area contributed by atoms with Gasteiger partial charge in [-0.2, -0.15) is 0 Å². The van der Waals surface area contributed by atoms with Crippen molar-refractivity contribution >= 4 is 27.8 Å². The Labute approximate surface area is 160 Å². The van der Waals surface area contributed by atoms with Crippen molar-refractivity contribution in [1.82, 2.24) is 0 Å². The first-order valence-corrected chi connectivity index (χ1v) is 9.70. The van der Waals surface area contributed by atoms with Crippen LogP contribution in [0.15, 0.2) is 27.7 Å². The van der Waals surface area contributed by atoms with Crippen molar-refractivity contribution in [2.45, 2.75) is 57.8 Å². The molecule has 0 aromatic heterocycles. The van der Waals surface area contributed by atoms with Gasteiger partial charge in [-0.15, -0.1) is 0 Å². The van der Waals surface area contributed by atoms with Gasteiger partial charge >= 0.3 is 5.97 Å². The molecule has 2 unspecified atom stereocenters. The van der Waals surface area contributed by atoms with E-state index in [1.165, 1.54) is 6.07 Å². The lowest BCUT2D eigenvalue weighted by Crippen LogP contribution is -2.45. The third-order valence-electron chi connectivity index (χ3n) is 5.24. The smallest absolute Gasteiger partial charge is 0.365 e. The lowest BCUT2D eigenvalue weighted by Gasteiger charge is -2.28. The fourth-order valence-corrected chi connectivity index (χ4v) is 4.20. The number of benzene rings is 1. The summed E-state index contributed by atoms with van der Waals surface area (Å²) >= 11 is 3.22. The van der Waals surface area contributed by atoms with Crippen molar-refractivity contribution in [3.8, 4) is 0 Å². The molecule has 1 fully saturated rings. The van der Waals surface area contributed by atoms with E-state index in [4.69, 9.17) is 9.47 Å². The molecule has 3 rings (SSSR count). The minimum absolute atomic E-state index is 0.160. The van der Waals surface area contributed by atoms with E-state index in [0.29, 0.717) is 16.8 Å². The third-order valence-corrected chi connectivity index (χ3v) is 5.85. The summed E-state index contributed by atoms with van der Waals surface area (Å²) in [6.07, 6.45) is 3.50. The molecule has 1 aliphatic heterocycles. The molecular formula is C19H23BrFNO4. The minimum atomic E-state index is -2.01. The van der Waals surface area contributed by atoms with E-state index in [9.17, 15) is 14.3 Å². The number of aliphatic imine (C=N–C) groups is 1. The lowest BCUT2D eigenvalue weighted by molar-refractivity contribution is -0.170. The van der Waals surface area contributed by atoms with Crippen molar-refractivity contribution in [3.05, 3.63) is 34.1 Å². The zero-order chi connectivity index (χ0) is 18.9. The molecule has 0 spiro atoms. The van der Waals surface area contributed by atoms with Crippen molar-refractivity contribution < 1.29 is 23.8 Å². The fraction of sp³-hybridized carbons (Fsp3) is 0.579. The van der Waals surface area contributed by atoms with Crippen LogP contribution in [0.25, 0.3) is 0 Å². The maximum absolute atomic E-state index is 13.5. The van der Waals surface area contributed by atoms with Gasteiger partial charge < -0.3 is 14.6 Å². The van der Waals surface area contributed by atoms with Crippen molar-refractivity contribution in [2.75, 3.05) is 6.61 Å². The summed E-state index contributed by atoms with van der Waals surface area (Å²) in [4.78, 5) is 16.5. The SMILES string of the molecule is CCOC(=O)C1(O)N=C(C2(Cc3ccc(F)c(Br)c3)CCCC2)OC1C. The van der Waals surface area contributed by atoms with Gasteiger partial charge in [-0.05, 0) is 66.7 Å². The number of esters is 1. The summed E-state index contributed by atoms with van der Waals surface area (Å²) in [5, 5.41) is 10.7. The Kier molecular flexibility index (Phi) is 5.40. The zero-order valence-electron chi connectivity index (χ0n) is 14.9. The number of nitrogens with zero attached hydrogens (tertiary/aromatic N) is 1. The van der Waals surface area contributed by atoms with Crippen LogP contribution in [-0.2, 0) is 20.7 Å². The molecule has 1 saturated carbocycles. The Morgan fingerprint density at radius 1 is 1.46 bits per heavy atom. The Morgan fingerprint density at radius 3 is 2.77 bits per heavy atom. The van der Waals surface area contributed by atoms with Gasteiger partial charge in [-0.25, -0.2) is 14.2 Å². The highest BCUT2D eigenvalue weighted by Gasteiger charge is 2.55. The molecule has 7 heteroatoms. The van der Waals surface area contributed by atoms with Crippen LogP contribution in [0.5, 0.6) is 0 Å². The Balaban J connectivity index is 1.92. The van der Waals surface area contributed by atoms with Gasteiger partial charge in [0.25, 0.3) is 5.72 Å². The molecule has 5 nitrogen and oxygen atoms in total. The van der Waals surface area contributed by atoms with Gasteiger partial charge in [-0.1, -0.05) is 18.9 Å². The number of ether oxygens (including phenoxy) is 2. The number of rotatable bonds is 5. The highest BCUT2D eigenvalue weighted by molar-refractivity contribution is 9.10. The van der Waals surface area contributed by atoms with Gasteiger partial charge in [-0.3, -0.25) is 0 Å². The Bertz CT molecular complexity index is 732. The van der Waals surface area contributed by atoms with E-state index in [2.05, 4.69) is 20.9 Å². The highest BCUT2D eigenvalue weighted by Crippen LogP contribution is 2.46. The molecule has 1 N–H and O–H groups in total. The Hall–Kier alpha value is -1.47. The van der Waals surface area contributed by atoms with Crippen LogP contribution in [-0.4, -0.2) is 35.4 Å². The number of aliphatic hydroxyl groups is 1. The molecule has 0 bridgehead atoms. The summed E-state index contributed by atoms with van der Waals surface area (Å²) in [6.45, 7) is 3.45. The van der Waals surface area contributed by atoms with Crippen LogP contribution < -0.4 is 0 Å². The molecule has 1 aromatic rings. The van der Waals surface area contributed by atoms with Crippen molar-refractivity contribution in [2.24, 2.45) is 10.4 Å². The quantitative estimate of drug-likeness (QED) is 0.726. The standard InChI is InChI=1S/C19H23BrFNO4/c1-3-25-17(23)19(24)12(2)26-16(22-19)18(8-4-5-9-18)11-13-6-7-15(21)14(20)10-13/h6-7,10,12,24H,3-5,8-9,11H2,1-2H3. The lowest BCUT2D eigenvalue weighted by atomic mass is 9.79. The first-order chi connectivity index (χ1) is 12.3. The minimum Gasteiger partial charge on any atom is -0.472 e. The summed E-state index contributed by atoms with van der Waals surface area (Å²) in [5.41, 5.74) is -1.46. The molecule has 26 heavy (non-hydrogen) atoms. The number of hydrogen-bond acceptors (Lipinski definition) is 5. The van der Waals surface area contributed by atoms with Gasteiger partial charge in [0.1, 0.15) is 5.82 Å². The summed E-state index contributed by atoms with van der Waals surface area (Å²) in [6, 6.07) is 4.93. The van der Waals surface area contributed by atoms with Gasteiger partial charge in [0.2, 0.25) is 0 Å². The fourth-order valence-electron chi connectivity index (χ4n) is 3.77. The summed E-state index contributed by atoms with van der Waals surface area (Å²) in [7, 11) is 0. The molecule has 1 aromatic carbocycles. The first-order valence-electron chi connectivity index (χ1n) is 8.91. The molecule has 0 radical (unpaired) electrons. The van der Waals surface area contributed by atoms with Crippen molar-refractivity contribution in [1.29, 1.82) is 0 Å². The highest BCUT2D eigenvalue weighted by atomic mass is 79.9. The maximum atomic E-state index is 13.5. The van der Waals surface area contributed by atoms with E-state index in [-0.39, 0.29) is 12.4 Å². The van der Waals surface area contributed by atoms with E-state index < -0.39 is 23.2 Å². The van der Waals surface area contributed by atoms with Gasteiger partial charge in [0, 0.05) is 0 Å². The average molecular weight is 428 g/mol. The Morgan fingerprint density at radius 2 is 2.15 bits per heavy atom. The molecule has 1 aliphatic carbocycles. The number of carbonyl (C=O) groups excluding carboxylic acids is 1. The number of hydrogen-bond donors (Lipinski definition) is 1. The average Bonchev–Trinajstić information content (AvgIpc) is 3.18.